The summed E-state index contributed by atoms with van der Waals surface area (Å²) in [6.45, 7) is 4.34. The van der Waals surface area contributed by atoms with Crippen LogP contribution in [0.25, 0.3) is 0 Å². The van der Waals surface area contributed by atoms with E-state index in [9.17, 15) is 9.59 Å². The number of hydrogen-bond donors (Lipinski definition) is 1. The van der Waals surface area contributed by atoms with Gasteiger partial charge in [-0.3, -0.25) is 14.5 Å². The van der Waals surface area contributed by atoms with E-state index < -0.39 is 0 Å². The van der Waals surface area contributed by atoms with Crippen LogP contribution in [0.4, 0.5) is 0 Å². The molecule has 28 heavy (non-hydrogen) atoms. The van der Waals surface area contributed by atoms with Gasteiger partial charge in [0.25, 0.3) is 11.8 Å². The minimum absolute atomic E-state index is 0.0128. The third-order valence-electron chi connectivity index (χ3n) is 4.64. The number of hydrogen-bond acceptors (Lipinski definition) is 6. The highest BCUT2D eigenvalue weighted by Gasteiger charge is 2.21. The van der Waals surface area contributed by atoms with E-state index in [1.165, 1.54) is 11.3 Å². The van der Waals surface area contributed by atoms with Crippen molar-refractivity contribution in [1.82, 2.24) is 15.1 Å². The lowest BCUT2D eigenvalue weighted by Gasteiger charge is -2.34. The van der Waals surface area contributed by atoms with Crippen LogP contribution >= 0.6 is 11.3 Å². The van der Waals surface area contributed by atoms with E-state index in [1.807, 2.05) is 21.7 Å². The Labute approximate surface area is 168 Å². The lowest BCUT2D eigenvalue weighted by atomic mass is 10.3. The molecule has 1 saturated heterocycles. The molecule has 1 aromatic carbocycles. The molecule has 1 aliphatic rings. The topological polar surface area (TPSA) is 71.1 Å². The van der Waals surface area contributed by atoms with Crippen molar-refractivity contribution in [3.63, 3.8) is 0 Å². The summed E-state index contributed by atoms with van der Waals surface area (Å²) in [6, 6.07) is 8.99. The maximum atomic E-state index is 12.3. The molecule has 2 aromatic rings. The maximum Gasteiger partial charge on any atom is 0.260 e. The minimum Gasteiger partial charge on any atom is -0.497 e. The van der Waals surface area contributed by atoms with Crippen molar-refractivity contribution in [2.75, 3.05) is 53.0 Å². The molecular weight excluding hydrogens is 378 g/mol. The van der Waals surface area contributed by atoms with Crippen LogP contribution in [-0.2, 0) is 4.79 Å². The molecule has 2 amide bonds. The smallest absolute Gasteiger partial charge is 0.260 e. The van der Waals surface area contributed by atoms with Crippen molar-refractivity contribution in [2.24, 2.45) is 0 Å². The number of carbonyl (C=O) groups is 2. The van der Waals surface area contributed by atoms with Gasteiger partial charge in [-0.2, -0.15) is 11.3 Å². The number of rotatable bonds is 8. The monoisotopic (exact) mass is 403 g/mol. The predicted octanol–water partition coefficient (Wildman–Crippen LogP) is 1.71. The van der Waals surface area contributed by atoms with Crippen molar-refractivity contribution < 1.29 is 19.1 Å². The molecule has 0 spiro atoms. The van der Waals surface area contributed by atoms with Crippen molar-refractivity contribution >= 4 is 23.2 Å². The summed E-state index contributed by atoms with van der Waals surface area (Å²) >= 11 is 1.51. The molecule has 3 rings (SSSR count). The standard InChI is InChI=1S/C20H25N3O4S/c1-26-17-2-4-18(5-3-17)27-14-19(24)23-11-9-22(10-12-23)8-7-21-20(25)16-6-13-28-15-16/h2-6,13,15H,7-12,14H2,1H3,(H,21,25). The second-order valence-corrected chi connectivity index (χ2v) is 7.23. The first kappa shape index (κ1) is 20.2. The number of nitrogens with one attached hydrogen (secondary N) is 1. The van der Waals surface area contributed by atoms with E-state index in [0.29, 0.717) is 30.9 Å². The normalized spacial score (nSPS) is 14.5. The number of amides is 2. The van der Waals surface area contributed by atoms with Gasteiger partial charge in [-0.1, -0.05) is 0 Å². The number of piperazine rings is 1. The first-order valence-corrected chi connectivity index (χ1v) is 10.2. The van der Waals surface area contributed by atoms with Crippen LogP contribution in [0.1, 0.15) is 10.4 Å². The van der Waals surface area contributed by atoms with Gasteiger partial charge < -0.3 is 19.7 Å². The summed E-state index contributed by atoms with van der Waals surface area (Å²) < 4.78 is 10.7. The van der Waals surface area contributed by atoms with E-state index in [0.717, 1.165) is 25.4 Å². The molecule has 0 aliphatic carbocycles. The van der Waals surface area contributed by atoms with Crippen LogP contribution in [-0.4, -0.2) is 74.6 Å². The van der Waals surface area contributed by atoms with Crippen LogP contribution in [0.2, 0.25) is 0 Å². The second-order valence-electron chi connectivity index (χ2n) is 6.45. The van der Waals surface area contributed by atoms with Crippen LogP contribution in [0.5, 0.6) is 11.5 Å². The highest BCUT2D eigenvalue weighted by molar-refractivity contribution is 7.08. The Bertz CT molecular complexity index is 756. The van der Waals surface area contributed by atoms with Crippen molar-refractivity contribution in [3.05, 3.63) is 46.7 Å². The quantitative estimate of drug-likeness (QED) is 0.727. The van der Waals surface area contributed by atoms with Crippen LogP contribution < -0.4 is 14.8 Å². The highest BCUT2D eigenvalue weighted by atomic mass is 32.1. The third-order valence-corrected chi connectivity index (χ3v) is 5.33. The third kappa shape index (κ3) is 5.71. The Balaban J connectivity index is 1.32. The Morgan fingerprint density at radius 1 is 1.07 bits per heavy atom. The number of ether oxygens (including phenoxy) is 2. The van der Waals surface area contributed by atoms with Gasteiger partial charge >= 0.3 is 0 Å². The van der Waals surface area contributed by atoms with E-state index in [1.54, 1.807) is 31.4 Å². The summed E-state index contributed by atoms with van der Waals surface area (Å²) in [5, 5.41) is 6.66. The number of benzene rings is 1. The van der Waals surface area contributed by atoms with Gasteiger partial charge in [0.15, 0.2) is 6.61 Å². The molecule has 2 heterocycles. The van der Waals surface area contributed by atoms with E-state index >= 15 is 0 Å². The first-order chi connectivity index (χ1) is 13.7. The van der Waals surface area contributed by atoms with Crippen molar-refractivity contribution in [3.8, 4) is 11.5 Å². The van der Waals surface area contributed by atoms with Gasteiger partial charge in [0.2, 0.25) is 0 Å². The average Bonchev–Trinajstić information content (AvgIpc) is 3.28. The fourth-order valence-corrected chi connectivity index (χ4v) is 3.59. The van der Waals surface area contributed by atoms with Crippen LogP contribution in [0.15, 0.2) is 41.1 Å². The van der Waals surface area contributed by atoms with Crippen LogP contribution in [0, 0.1) is 0 Å². The zero-order valence-electron chi connectivity index (χ0n) is 15.9. The highest BCUT2D eigenvalue weighted by Crippen LogP contribution is 2.17. The minimum atomic E-state index is -0.0363. The lowest BCUT2D eigenvalue weighted by molar-refractivity contribution is -0.135. The fraction of sp³-hybridized carbons (Fsp3) is 0.400. The molecule has 1 fully saturated rings. The molecule has 1 aromatic heterocycles. The average molecular weight is 404 g/mol. The van der Waals surface area contributed by atoms with Crippen molar-refractivity contribution in [1.29, 1.82) is 0 Å². The Kier molecular flexibility index (Phi) is 7.27. The number of thiophene rings is 1. The SMILES string of the molecule is COc1ccc(OCC(=O)N2CCN(CCNC(=O)c3ccsc3)CC2)cc1. The molecular formula is C20H25N3O4S. The number of carbonyl (C=O) groups excluding carboxylic acids is 2. The maximum absolute atomic E-state index is 12.3. The predicted molar refractivity (Wildman–Crippen MR) is 108 cm³/mol. The van der Waals surface area contributed by atoms with E-state index in [2.05, 4.69) is 10.2 Å². The Hall–Kier alpha value is -2.58. The first-order valence-electron chi connectivity index (χ1n) is 9.23. The molecule has 0 unspecified atom stereocenters. The molecule has 1 N–H and O–H groups in total. The summed E-state index contributed by atoms with van der Waals surface area (Å²) in [5.74, 6) is 1.35. The second kappa shape index (κ2) is 10.1. The molecule has 0 atom stereocenters. The summed E-state index contributed by atoms with van der Waals surface area (Å²) in [5.41, 5.74) is 0.706. The summed E-state index contributed by atoms with van der Waals surface area (Å²) in [4.78, 5) is 28.3. The van der Waals surface area contributed by atoms with Gasteiger partial charge in [0.1, 0.15) is 11.5 Å². The van der Waals surface area contributed by atoms with Gasteiger partial charge in [-0.25, -0.2) is 0 Å². The molecule has 0 saturated carbocycles. The molecule has 8 heteroatoms. The lowest BCUT2D eigenvalue weighted by Crippen LogP contribution is -2.51. The zero-order chi connectivity index (χ0) is 19.8. The summed E-state index contributed by atoms with van der Waals surface area (Å²) in [7, 11) is 1.61. The van der Waals surface area contributed by atoms with Crippen LogP contribution in [0.3, 0.4) is 0 Å². The van der Waals surface area contributed by atoms with Crippen molar-refractivity contribution in [2.45, 2.75) is 0 Å². The van der Waals surface area contributed by atoms with Gasteiger partial charge in [0, 0.05) is 50.2 Å². The van der Waals surface area contributed by atoms with Gasteiger partial charge in [-0.15, -0.1) is 0 Å². The number of nitrogens with zero attached hydrogens (tertiary/aromatic N) is 2. The largest absolute Gasteiger partial charge is 0.497 e. The molecule has 7 nitrogen and oxygen atoms in total. The van der Waals surface area contributed by atoms with Gasteiger partial charge in [0.05, 0.1) is 7.11 Å². The Morgan fingerprint density at radius 3 is 2.43 bits per heavy atom. The zero-order valence-corrected chi connectivity index (χ0v) is 16.7. The fourth-order valence-electron chi connectivity index (χ4n) is 2.95. The molecule has 1 aliphatic heterocycles. The Morgan fingerprint density at radius 2 is 1.79 bits per heavy atom. The molecule has 0 radical (unpaired) electrons. The van der Waals surface area contributed by atoms with Gasteiger partial charge in [-0.05, 0) is 35.7 Å². The number of methoxy groups -OCH3 is 1. The summed E-state index contributed by atoms with van der Waals surface area (Å²) in [6.07, 6.45) is 0. The molecule has 0 bridgehead atoms. The van der Waals surface area contributed by atoms with E-state index in [4.69, 9.17) is 9.47 Å². The molecule has 150 valence electrons. The van der Waals surface area contributed by atoms with E-state index in [-0.39, 0.29) is 18.4 Å².